The molecule has 0 atom stereocenters. The van der Waals surface area contributed by atoms with E-state index >= 15 is 0 Å². The first-order valence-corrected chi connectivity index (χ1v) is 5.42. The summed E-state index contributed by atoms with van der Waals surface area (Å²) in [6, 6.07) is 5.78. The fraction of sp³-hybridized carbons (Fsp3) is 0.500. The lowest BCUT2D eigenvalue weighted by Gasteiger charge is -2.29. The van der Waals surface area contributed by atoms with Crippen LogP contribution in [0.2, 0.25) is 0 Å². The fourth-order valence-corrected chi connectivity index (χ4v) is 1.78. The van der Waals surface area contributed by atoms with Crippen LogP contribution in [0.25, 0.3) is 0 Å². The first-order chi connectivity index (χ1) is 7.27. The summed E-state index contributed by atoms with van der Waals surface area (Å²) in [5.74, 6) is 0.547. The van der Waals surface area contributed by atoms with E-state index in [0.717, 1.165) is 18.5 Å². The minimum absolute atomic E-state index is 0.270. The molecule has 1 aromatic rings. The van der Waals surface area contributed by atoms with Gasteiger partial charge in [-0.25, -0.2) is 0 Å². The largest absolute Gasteiger partial charge is 0.340 e. The summed E-state index contributed by atoms with van der Waals surface area (Å²) in [5.41, 5.74) is 0.952. The molecule has 1 fully saturated rings. The molecule has 0 unspecified atom stereocenters. The molecule has 15 heavy (non-hydrogen) atoms. The average molecular weight is 204 g/mol. The molecule has 0 spiro atoms. The highest BCUT2D eigenvalue weighted by molar-refractivity contribution is 5.79. The lowest BCUT2D eigenvalue weighted by atomic mass is 9.84. The van der Waals surface area contributed by atoms with Crippen molar-refractivity contribution >= 4 is 5.91 Å². The van der Waals surface area contributed by atoms with Crippen LogP contribution < -0.4 is 0 Å². The Morgan fingerprint density at radius 1 is 1.53 bits per heavy atom. The van der Waals surface area contributed by atoms with Gasteiger partial charge in [-0.3, -0.25) is 9.78 Å². The van der Waals surface area contributed by atoms with Gasteiger partial charge < -0.3 is 4.90 Å². The van der Waals surface area contributed by atoms with Crippen LogP contribution in [0.5, 0.6) is 0 Å². The van der Waals surface area contributed by atoms with Gasteiger partial charge in [-0.15, -0.1) is 0 Å². The third kappa shape index (κ3) is 2.35. The molecule has 3 heteroatoms. The second-order valence-corrected chi connectivity index (χ2v) is 4.14. The van der Waals surface area contributed by atoms with Crippen molar-refractivity contribution in [3.05, 3.63) is 30.1 Å². The number of pyridine rings is 1. The Morgan fingerprint density at radius 2 is 2.33 bits per heavy atom. The van der Waals surface area contributed by atoms with Crippen LogP contribution >= 0.6 is 0 Å². The van der Waals surface area contributed by atoms with E-state index < -0.39 is 0 Å². The Bertz CT molecular complexity index is 333. The molecule has 2 rings (SSSR count). The topological polar surface area (TPSA) is 33.2 Å². The van der Waals surface area contributed by atoms with Gasteiger partial charge in [-0.2, -0.15) is 0 Å². The number of carbonyl (C=O) groups excluding carboxylic acids is 1. The van der Waals surface area contributed by atoms with Crippen LogP contribution in [-0.2, 0) is 11.3 Å². The number of hydrogen-bond acceptors (Lipinski definition) is 2. The molecule has 1 heterocycles. The Kier molecular flexibility index (Phi) is 2.99. The maximum absolute atomic E-state index is 11.8. The zero-order valence-electron chi connectivity index (χ0n) is 9.02. The maximum atomic E-state index is 11.8. The summed E-state index contributed by atoms with van der Waals surface area (Å²) in [6.07, 6.45) is 5.08. The van der Waals surface area contributed by atoms with Crippen LogP contribution in [0.3, 0.4) is 0 Å². The number of rotatable bonds is 3. The van der Waals surface area contributed by atoms with Crippen LogP contribution in [0.15, 0.2) is 24.4 Å². The van der Waals surface area contributed by atoms with Crippen molar-refractivity contribution in [2.24, 2.45) is 5.92 Å². The van der Waals surface area contributed by atoms with Crippen molar-refractivity contribution in [3.8, 4) is 0 Å². The Balaban J connectivity index is 1.91. The van der Waals surface area contributed by atoms with Crippen molar-refractivity contribution in [2.75, 3.05) is 7.05 Å². The summed E-state index contributed by atoms with van der Waals surface area (Å²) >= 11 is 0. The van der Waals surface area contributed by atoms with Gasteiger partial charge in [0.25, 0.3) is 0 Å². The van der Waals surface area contributed by atoms with Gasteiger partial charge in [0.05, 0.1) is 12.2 Å². The SMILES string of the molecule is CN(Cc1ccccn1)C(=O)C1CCC1. The van der Waals surface area contributed by atoms with Crippen molar-refractivity contribution in [2.45, 2.75) is 25.8 Å². The highest BCUT2D eigenvalue weighted by Crippen LogP contribution is 2.28. The van der Waals surface area contributed by atoms with Gasteiger partial charge in [-0.1, -0.05) is 12.5 Å². The van der Waals surface area contributed by atoms with Gasteiger partial charge >= 0.3 is 0 Å². The molecule has 1 aliphatic carbocycles. The molecule has 0 N–H and O–H groups in total. The Labute approximate surface area is 90.1 Å². The normalized spacial score (nSPS) is 15.8. The maximum Gasteiger partial charge on any atom is 0.225 e. The van der Waals surface area contributed by atoms with Crippen LogP contribution in [-0.4, -0.2) is 22.8 Å². The van der Waals surface area contributed by atoms with Crippen molar-refractivity contribution in [1.82, 2.24) is 9.88 Å². The molecule has 0 saturated heterocycles. The van der Waals surface area contributed by atoms with Gasteiger partial charge in [-0.05, 0) is 25.0 Å². The number of hydrogen-bond donors (Lipinski definition) is 0. The molecule has 3 nitrogen and oxygen atoms in total. The smallest absolute Gasteiger partial charge is 0.225 e. The predicted molar refractivity (Wildman–Crippen MR) is 58.1 cm³/mol. The monoisotopic (exact) mass is 204 g/mol. The molecule has 1 aliphatic rings. The summed E-state index contributed by atoms with van der Waals surface area (Å²) in [4.78, 5) is 17.8. The molecule has 80 valence electrons. The Morgan fingerprint density at radius 3 is 2.87 bits per heavy atom. The summed E-state index contributed by atoms with van der Waals surface area (Å²) in [7, 11) is 1.86. The lowest BCUT2D eigenvalue weighted by Crippen LogP contribution is -2.35. The van der Waals surface area contributed by atoms with E-state index in [0.29, 0.717) is 6.54 Å². The highest BCUT2D eigenvalue weighted by Gasteiger charge is 2.27. The summed E-state index contributed by atoms with van der Waals surface area (Å²) < 4.78 is 0. The van der Waals surface area contributed by atoms with E-state index in [1.807, 2.05) is 25.2 Å². The average Bonchev–Trinajstić information content (AvgIpc) is 2.16. The molecule has 0 radical (unpaired) electrons. The predicted octanol–water partition coefficient (Wildman–Crippen LogP) is 1.84. The van der Waals surface area contributed by atoms with E-state index in [2.05, 4.69) is 4.98 Å². The molecule has 1 amide bonds. The second-order valence-electron chi connectivity index (χ2n) is 4.14. The van der Waals surface area contributed by atoms with Crippen LogP contribution in [0.4, 0.5) is 0 Å². The van der Waals surface area contributed by atoms with Gasteiger partial charge in [0.2, 0.25) is 5.91 Å². The van der Waals surface area contributed by atoms with E-state index in [9.17, 15) is 4.79 Å². The molecular weight excluding hydrogens is 188 g/mol. The quantitative estimate of drug-likeness (QED) is 0.752. The molecule has 0 bridgehead atoms. The third-order valence-corrected chi connectivity index (χ3v) is 2.96. The van der Waals surface area contributed by atoms with Crippen molar-refractivity contribution in [1.29, 1.82) is 0 Å². The second kappa shape index (κ2) is 4.43. The molecule has 0 aliphatic heterocycles. The van der Waals surface area contributed by atoms with Crippen molar-refractivity contribution < 1.29 is 4.79 Å². The summed E-state index contributed by atoms with van der Waals surface area (Å²) in [5, 5.41) is 0. The third-order valence-electron chi connectivity index (χ3n) is 2.96. The number of amides is 1. The number of aromatic nitrogens is 1. The zero-order valence-corrected chi connectivity index (χ0v) is 9.02. The van der Waals surface area contributed by atoms with E-state index in [1.54, 1.807) is 11.1 Å². The summed E-state index contributed by atoms with van der Waals surface area (Å²) in [6.45, 7) is 0.621. The Hall–Kier alpha value is -1.38. The molecular formula is C12H16N2O. The molecule has 1 saturated carbocycles. The van der Waals surface area contributed by atoms with E-state index in [4.69, 9.17) is 0 Å². The van der Waals surface area contributed by atoms with Crippen LogP contribution in [0.1, 0.15) is 25.0 Å². The lowest BCUT2D eigenvalue weighted by molar-refractivity contribution is -0.137. The molecule has 1 aromatic heterocycles. The fourth-order valence-electron chi connectivity index (χ4n) is 1.78. The van der Waals surface area contributed by atoms with E-state index in [1.165, 1.54) is 6.42 Å². The molecule has 0 aromatic carbocycles. The van der Waals surface area contributed by atoms with Crippen LogP contribution in [0, 0.1) is 5.92 Å². The van der Waals surface area contributed by atoms with E-state index in [-0.39, 0.29) is 11.8 Å². The number of nitrogens with zero attached hydrogens (tertiary/aromatic N) is 2. The first-order valence-electron chi connectivity index (χ1n) is 5.42. The van der Waals surface area contributed by atoms with Crippen molar-refractivity contribution in [3.63, 3.8) is 0 Å². The minimum Gasteiger partial charge on any atom is -0.340 e. The van der Waals surface area contributed by atoms with Gasteiger partial charge in [0, 0.05) is 19.2 Å². The standard InChI is InChI=1S/C12H16N2O/c1-14(12(15)10-5-4-6-10)9-11-7-2-3-8-13-11/h2-3,7-8,10H,4-6,9H2,1H3. The number of carbonyl (C=O) groups is 1. The zero-order chi connectivity index (χ0) is 10.7. The van der Waals surface area contributed by atoms with Gasteiger partial charge in [0.15, 0.2) is 0 Å². The highest BCUT2D eigenvalue weighted by atomic mass is 16.2. The van der Waals surface area contributed by atoms with Gasteiger partial charge in [0.1, 0.15) is 0 Å². The first kappa shape index (κ1) is 10.1. The minimum atomic E-state index is 0.270.